The minimum absolute atomic E-state index is 0.0906. The highest BCUT2D eigenvalue weighted by molar-refractivity contribution is 6.03. The van der Waals surface area contributed by atoms with Gasteiger partial charge in [0.2, 0.25) is 5.95 Å². The summed E-state index contributed by atoms with van der Waals surface area (Å²) in [6.07, 6.45) is -0.0548. The van der Waals surface area contributed by atoms with Gasteiger partial charge >= 0.3 is 6.29 Å². The summed E-state index contributed by atoms with van der Waals surface area (Å²) in [5.41, 5.74) is 2.37. The van der Waals surface area contributed by atoms with Crippen molar-refractivity contribution in [3.63, 3.8) is 0 Å². The molecular weight excluding hydrogens is 370 g/mol. The van der Waals surface area contributed by atoms with Crippen LogP contribution in [0.3, 0.4) is 0 Å². The summed E-state index contributed by atoms with van der Waals surface area (Å²) in [4.78, 5) is 21.6. The number of fused-ring (bicyclic) bond motifs is 2. The molecular formula is C19H22F2N4O3. The number of allylic oxidation sites excluding steroid dienone is 3. The van der Waals surface area contributed by atoms with E-state index < -0.39 is 6.29 Å². The fourth-order valence-corrected chi connectivity index (χ4v) is 2.87. The van der Waals surface area contributed by atoms with E-state index in [1.807, 2.05) is 13.0 Å². The van der Waals surface area contributed by atoms with Gasteiger partial charge in [0.25, 0.3) is 5.91 Å². The number of alkyl halides is 2. The fourth-order valence-electron chi connectivity index (χ4n) is 2.87. The molecule has 0 fully saturated rings. The Morgan fingerprint density at radius 1 is 1.21 bits per heavy atom. The zero-order valence-corrected chi connectivity index (χ0v) is 16.1. The van der Waals surface area contributed by atoms with Crippen LogP contribution in [-0.2, 0) is 4.79 Å². The number of aromatic nitrogens is 2. The van der Waals surface area contributed by atoms with Crippen LogP contribution >= 0.6 is 0 Å². The van der Waals surface area contributed by atoms with Crippen LogP contribution in [0.5, 0.6) is 11.5 Å². The summed E-state index contributed by atoms with van der Waals surface area (Å²) in [6.45, 7) is 9.60. The van der Waals surface area contributed by atoms with Crippen LogP contribution in [0.2, 0.25) is 0 Å². The number of nitrogens with one attached hydrogen (secondary N) is 2. The standard InChI is InChI=1S/C19H22F2N4O3/c1-5-25(6-2)12(4)8-7-11(3)17(26)24-18-22-13-9-15-16(10-14(13)23-18)28-19(20,21)27-15/h7-10H,5-6H2,1-4H3,(H2,22,23,24,26)/b11-7+,12-8+. The number of imidazole rings is 1. The summed E-state index contributed by atoms with van der Waals surface area (Å²) in [7, 11) is 0. The average molecular weight is 392 g/mol. The van der Waals surface area contributed by atoms with Gasteiger partial charge in [0.1, 0.15) is 0 Å². The molecule has 0 bridgehead atoms. The van der Waals surface area contributed by atoms with Gasteiger partial charge in [-0.1, -0.05) is 6.08 Å². The quantitative estimate of drug-likeness (QED) is 0.574. The van der Waals surface area contributed by atoms with Crippen molar-refractivity contribution in [2.75, 3.05) is 18.4 Å². The Kier molecular flexibility index (Phi) is 5.26. The Hall–Kier alpha value is -3.10. The van der Waals surface area contributed by atoms with Crippen LogP contribution in [0.15, 0.2) is 35.6 Å². The number of carbonyl (C=O) groups is 1. The number of anilines is 1. The Morgan fingerprint density at radius 3 is 2.50 bits per heavy atom. The summed E-state index contributed by atoms with van der Waals surface area (Å²) in [5, 5.41) is 2.66. The Morgan fingerprint density at radius 2 is 1.86 bits per heavy atom. The lowest BCUT2D eigenvalue weighted by Gasteiger charge is -2.21. The Balaban J connectivity index is 1.73. The summed E-state index contributed by atoms with van der Waals surface area (Å²) in [6, 6.07) is 2.68. The number of amides is 1. The maximum absolute atomic E-state index is 13.1. The molecule has 7 nitrogen and oxygen atoms in total. The van der Waals surface area contributed by atoms with Crippen LogP contribution in [0.4, 0.5) is 14.7 Å². The molecule has 150 valence electrons. The molecule has 0 aliphatic carbocycles. The number of hydrogen-bond donors (Lipinski definition) is 2. The number of rotatable bonds is 6. The Bertz CT molecular complexity index is 916. The first-order valence-electron chi connectivity index (χ1n) is 8.93. The Labute approximate surface area is 161 Å². The van der Waals surface area contributed by atoms with Crippen molar-refractivity contribution in [3.05, 3.63) is 35.6 Å². The van der Waals surface area contributed by atoms with Gasteiger partial charge in [0.05, 0.1) is 11.0 Å². The molecule has 2 aromatic rings. The molecule has 1 aromatic carbocycles. The van der Waals surface area contributed by atoms with Crippen molar-refractivity contribution >= 4 is 22.9 Å². The number of hydrogen-bond acceptors (Lipinski definition) is 5. The molecule has 1 aliphatic rings. The van der Waals surface area contributed by atoms with Gasteiger partial charge in [-0.25, -0.2) is 4.98 Å². The second kappa shape index (κ2) is 7.49. The van der Waals surface area contributed by atoms with Crippen molar-refractivity contribution in [3.8, 4) is 11.5 Å². The first-order chi connectivity index (χ1) is 13.2. The first kappa shape index (κ1) is 19.7. The first-order valence-corrected chi connectivity index (χ1v) is 8.93. The SMILES string of the molecule is CCN(CC)/C(C)=C/C=C(\C)C(=O)Nc1nc2cc3c(cc2[nH]1)OC(F)(F)O3. The van der Waals surface area contributed by atoms with Crippen molar-refractivity contribution in [2.45, 2.75) is 34.0 Å². The van der Waals surface area contributed by atoms with E-state index in [1.165, 1.54) is 12.1 Å². The zero-order chi connectivity index (χ0) is 20.5. The summed E-state index contributed by atoms with van der Waals surface area (Å²) in [5.74, 6) is -0.316. The van der Waals surface area contributed by atoms with Gasteiger partial charge in [-0.3, -0.25) is 10.1 Å². The third-order valence-electron chi connectivity index (χ3n) is 4.43. The lowest BCUT2D eigenvalue weighted by Crippen LogP contribution is -2.25. The second-order valence-corrected chi connectivity index (χ2v) is 6.35. The van der Waals surface area contributed by atoms with E-state index in [0.29, 0.717) is 16.6 Å². The van der Waals surface area contributed by atoms with Crippen molar-refractivity contribution < 1.29 is 23.0 Å². The highest BCUT2D eigenvalue weighted by Gasteiger charge is 2.43. The molecule has 0 spiro atoms. The third kappa shape index (κ3) is 4.08. The fraction of sp³-hybridized carbons (Fsp3) is 0.368. The zero-order valence-electron chi connectivity index (χ0n) is 16.1. The van der Waals surface area contributed by atoms with E-state index in [9.17, 15) is 13.6 Å². The van der Waals surface area contributed by atoms with Crippen LogP contribution < -0.4 is 14.8 Å². The number of nitrogens with zero attached hydrogens (tertiary/aromatic N) is 2. The maximum Gasteiger partial charge on any atom is 0.586 e. The van der Waals surface area contributed by atoms with Gasteiger partial charge < -0.3 is 19.4 Å². The number of ether oxygens (including phenoxy) is 2. The maximum atomic E-state index is 13.1. The minimum Gasteiger partial charge on any atom is -0.395 e. The van der Waals surface area contributed by atoms with E-state index in [2.05, 4.69) is 43.5 Å². The molecule has 28 heavy (non-hydrogen) atoms. The molecule has 2 heterocycles. The molecule has 1 amide bonds. The predicted molar refractivity (Wildman–Crippen MR) is 101 cm³/mol. The minimum atomic E-state index is -3.68. The van der Waals surface area contributed by atoms with Gasteiger partial charge in [-0.05, 0) is 33.8 Å². The lowest BCUT2D eigenvalue weighted by atomic mass is 10.2. The molecule has 0 unspecified atom stereocenters. The van der Waals surface area contributed by atoms with E-state index in [1.54, 1.807) is 13.0 Å². The van der Waals surface area contributed by atoms with E-state index in [4.69, 9.17) is 0 Å². The van der Waals surface area contributed by atoms with Crippen molar-refractivity contribution in [1.29, 1.82) is 0 Å². The monoisotopic (exact) mass is 392 g/mol. The lowest BCUT2D eigenvalue weighted by molar-refractivity contribution is -0.286. The summed E-state index contributed by atoms with van der Waals surface area (Å²) >= 11 is 0. The van der Waals surface area contributed by atoms with Crippen LogP contribution in [0, 0.1) is 0 Å². The highest BCUT2D eigenvalue weighted by atomic mass is 19.3. The molecule has 0 radical (unpaired) electrons. The molecule has 1 aromatic heterocycles. The molecule has 0 saturated carbocycles. The molecule has 9 heteroatoms. The van der Waals surface area contributed by atoms with Crippen LogP contribution in [-0.4, -0.2) is 40.2 Å². The molecule has 0 atom stereocenters. The smallest absolute Gasteiger partial charge is 0.395 e. The van der Waals surface area contributed by atoms with Crippen LogP contribution in [0.25, 0.3) is 11.0 Å². The third-order valence-corrected chi connectivity index (χ3v) is 4.43. The molecule has 0 saturated heterocycles. The number of aromatic amines is 1. The number of carbonyl (C=O) groups excluding carboxylic acids is 1. The van der Waals surface area contributed by atoms with Crippen molar-refractivity contribution in [2.24, 2.45) is 0 Å². The van der Waals surface area contributed by atoms with Gasteiger partial charge in [0.15, 0.2) is 11.5 Å². The summed E-state index contributed by atoms with van der Waals surface area (Å²) < 4.78 is 35.0. The van der Waals surface area contributed by atoms with E-state index >= 15 is 0 Å². The number of halogens is 2. The van der Waals surface area contributed by atoms with E-state index in [-0.39, 0.29) is 23.4 Å². The van der Waals surface area contributed by atoms with Gasteiger partial charge in [-0.15, -0.1) is 8.78 Å². The predicted octanol–water partition coefficient (Wildman–Crippen LogP) is 4.01. The number of H-pyrrole nitrogens is 1. The molecule has 3 rings (SSSR count). The van der Waals surface area contributed by atoms with Gasteiger partial charge in [-0.2, -0.15) is 0 Å². The van der Waals surface area contributed by atoms with E-state index in [0.717, 1.165) is 18.8 Å². The van der Waals surface area contributed by atoms with Gasteiger partial charge in [0, 0.05) is 36.5 Å². The highest BCUT2D eigenvalue weighted by Crippen LogP contribution is 2.42. The second-order valence-electron chi connectivity index (χ2n) is 6.35. The average Bonchev–Trinajstić information content (AvgIpc) is 3.14. The molecule has 2 N–H and O–H groups in total. The van der Waals surface area contributed by atoms with Crippen molar-refractivity contribution in [1.82, 2.24) is 14.9 Å². The normalized spacial score (nSPS) is 15.8. The van der Waals surface area contributed by atoms with Crippen LogP contribution in [0.1, 0.15) is 27.7 Å². The largest absolute Gasteiger partial charge is 0.586 e. The number of benzene rings is 1. The molecule has 1 aliphatic heterocycles. The topological polar surface area (TPSA) is 79.5 Å².